The van der Waals surface area contributed by atoms with Crippen molar-refractivity contribution in [3.05, 3.63) is 59.2 Å². The summed E-state index contributed by atoms with van der Waals surface area (Å²) in [4.78, 5) is 0. The second kappa shape index (κ2) is 5.41. The standard InChI is InChI=1S/C18H20N2O/c1-2-9-17-15(8-1)16(12-21-17)20-11-14-6-3-5-13-7-4-10-19-18(13)14/h1-3,5-6,8-9,16,19-20H,4,7,10-12H2. The molecular formula is C18H20N2O. The molecule has 1 unspecified atom stereocenters. The van der Waals surface area contributed by atoms with Crippen molar-refractivity contribution < 1.29 is 4.74 Å². The number of fused-ring (bicyclic) bond motifs is 2. The fourth-order valence-electron chi connectivity index (χ4n) is 3.29. The van der Waals surface area contributed by atoms with Crippen LogP contribution in [0.25, 0.3) is 0 Å². The molecule has 0 amide bonds. The van der Waals surface area contributed by atoms with Crippen LogP contribution in [0.3, 0.4) is 0 Å². The largest absolute Gasteiger partial charge is 0.491 e. The van der Waals surface area contributed by atoms with Crippen LogP contribution in [0.5, 0.6) is 5.75 Å². The molecule has 0 saturated carbocycles. The van der Waals surface area contributed by atoms with Gasteiger partial charge in [-0.05, 0) is 30.0 Å². The van der Waals surface area contributed by atoms with Gasteiger partial charge in [0.05, 0.1) is 6.04 Å². The molecule has 2 aromatic carbocycles. The average Bonchev–Trinajstić information content (AvgIpc) is 2.96. The molecule has 0 aromatic heterocycles. The topological polar surface area (TPSA) is 33.3 Å². The molecule has 2 N–H and O–H groups in total. The molecule has 0 aliphatic carbocycles. The Morgan fingerprint density at radius 3 is 3.10 bits per heavy atom. The molecule has 3 nitrogen and oxygen atoms in total. The molecule has 2 aliphatic heterocycles. The van der Waals surface area contributed by atoms with Gasteiger partial charge >= 0.3 is 0 Å². The van der Waals surface area contributed by atoms with Crippen molar-refractivity contribution in [3.8, 4) is 5.75 Å². The third-order valence-electron chi connectivity index (χ3n) is 4.40. The summed E-state index contributed by atoms with van der Waals surface area (Å²) in [6.07, 6.45) is 2.42. The number of aryl methyl sites for hydroxylation is 1. The van der Waals surface area contributed by atoms with Gasteiger partial charge in [-0.1, -0.05) is 36.4 Å². The first-order chi connectivity index (χ1) is 10.4. The maximum absolute atomic E-state index is 5.73. The van der Waals surface area contributed by atoms with Gasteiger partial charge in [0.15, 0.2) is 0 Å². The molecule has 21 heavy (non-hydrogen) atoms. The molecule has 0 bridgehead atoms. The molecule has 2 aromatic rings. The summed E-state index contributed by atoms with van der Waals surface area (Å²) in [6, 6.07) is 15.2. The lowest BCUT2D eigenvalue weighted by molar-refractivity contribution is 0.310. The first-order valence-corrected chi connectivity index (χ1v) is 7.71. The Kier molecular flexibility index (Phi) is 3.28. The Morgan fingerprint density at radius 1 is 1.14 bits per heavy atom. The summed E-state index contributed by atoms with van der Waals surface area (Å²) >= 11 is 0. The van der Waals surface area contributed by atoms with Crippen molar-refractivity contribution in [2.24, 2.45) is 0 Å². The molecule has 4 rings (SSSR count). The molecule has 0 saturated heterocycles. The fourth-order valence-corrected chi connectivity index (χ4v) is 3.29. The highest BCUT2D eigenvalue weighted by atomic mass is 16.5. The number of rotatable bonds is 3. The smallest absolute Gasteiger partial charge is 0.124 e. The van der Waals surface area contributed by atoms with Crippen LogP contribution >= 0.6 is 0 Å². The summed E-state index contributed by atoms with van der Waals surface area (Å²) in [7, 11) is 0. The Morgan fingerprint density at radius 2 is 2.10 bits per heavy atom. The van der Waals surface area contributed by atoms with E-state index in [9.17, 15) is 0 Å². The van der Waals surface area contributed by atoms with E-state index < -0.39 is 0 Å². The molecule has 2 heterocycles. The maximum Gasteiger partial charge on any atom is 0.124 e. The Bertz CT molecular complexity index is 653. The number of nitrogens with one attached hydrogen (secondary N) is 2. The molecule has 3 heteroatoms. The van der Waals surface area contributed by atoms with E-state index in [2.05, 4.69) is 41.0 Å². The highest BCUT2D eigenvalue weighted by Gasteiger charge is 2.23. The SMILES string of the molecule is c1cc2c(c(CNC3COc4ccccc43)c1)NCCC2. The quantitative estimate of drug-likeness (QED) is 0.905. The zero-order valence-corrected chi connectivity index (χ0v) is 12.1. The minimum absolute atomic E-state index is 0.292. The molecule has 2 aliphatic rings. The summed E-state index contributed by atoms with van der Waals surface area (Å²) in [6.45, 7) is 2.68. The number of para-hydroxylation sites is 2. The van der Waals surface area contributed by atoms with E-state index in [0.717, 1.165) is 25.4 Å². The Labute approximate surface area is 125 Å². The normalized spacial score (nSPS) is 19.3. The number of hydrogen-bond donors (Lipinski definition) is 2. The van der Waals surface area contributed by atoms with Gasteiger partial charge in [0.1, 0.15) is 12.4 Å². The number of ether oxygens (including phenoxy) is 1. The van der Waals surface area contributed by atoms with Crippen molar-refractivity contribution in [3.63, 3.8) is 0 Å². The summed E-state index contributed by atoms with van der Waals surface area (Å²) in [5.74, 6) is 1.02. The first-order valence-electron chi connectivity index (χ1n) is 7.71. The number of anilines is 1. The van der Waals surface area contributed by atoms with Crippen LogP contribution in [0, 0.1) is 0 Å². The van der Waals surface area contributed by atoms with Gasteiger partial charge in [0, 0.05) is 24.3 Å². The molecule has 0 fully saturated rings. The van der Waals surface area contributed by atoms with Gasteiger partial charge in [0.25, 0.3) is 0 Å². The maximum atomic E-state index is 5.73. The Hall–Kier alpha value is -2.00. The van der Waals surface area contributed by atoms with Gasteiger partial charge < -0.3 is 15.4 Å². The number of hydrogen-bond acceptors (Lipinski definition) is 3. The van der Waals surface area contributed by atoms with Gasteiger partial charge in [-0.15, -0.1) is 0 Å². The zero-order chi connectivity index (χ0) is 14.1. The van der Waals surface area contributed by atoms with E-state index in [4.69, 9.17) is 4.74 Å². The van der Waals surface area contributed by atoms with Crippen LogP contribution in [0.4, 0.5) is 5.69 Å². The lowest BCUT2D eigenvalue weighted by Crippen LogP contribution is -2.23. The van der Waals surface area contributed by atoms with Crippen LogP contribution in [-0.2, 0) is 13.0 Å². The summed E-state index contributed by atoms with van der Waals surface area (Å²) in [5, 5.41) is 7.19. The summed E-state index contributed by atoms with van der Waals surface area (Å²) in [5.41, 5.74) is 5.42. The van der Waals surface area contributed by atoms with Gasteiger partial charge in [-0.25, -0.2) is 0 Å². The monoisotopic (exact) mass is 280 g/mol. The van der Waals surface area contributed by atoms with E-state index in [-0.39, 0.29) is 0 Å². The van der Waals surface area contributed by atoms with Crippen LogP contribution < -0.4 is 15.4 Å². The molecule has 0 spiro atoms. The minimum Gasteiger partial charge on any atom is -0.491 e. The highest BCUT2D eigenvalue weighted by Crippen LogP contribution is 2.32. The minimum atomic E-state index is 0.292. The van der Waals surface area contributed by atoms with Crippen LogP contribution in [0.15, 0.2) is 42.5 Å². The summed E-state index contributed by atoms with van der Waals surface area (Å²) < 4.78 is 5.73. The van der Waals surface area contributed by atoms with Gasteiger partial charge in [-0.2, -0.15) is 0 Å². The molecular weight excluding hydrogens is 260 g/mol. The second-order valence-electron chi connectivity index (χ2n) is 5.76. The molecule has 108 valence electrons. The van der Waals surface area contributed by atoms with Crippen molar-refractivity contribution in [1.29, 1.82) is 0 Å². The van der Waals surface area contributed by atoms with Crippen molar-refractivity contribution in [2.45, 2.75) is 25.4 Å². The van der Waals surface area contributed by atoms with E-state index in [1.165, 1.54) is 35.2 Å². The Balaban J connectivity index is 1.51. The van der Waals surface area contributed by atoms with Gasteiger partial charge in [0.2, 0.25) is 0 Å². The lowest BCUT2D eigenvalue weighted by Gasteiger charge is -2.22. The fraction of sp³-hybridized carbons (Fsp3) is 0.333. The predicted octanol–water partition coefficient (Wildman–Crippen LogP) is 3.27. The predicted molar refractivity (Wildman–Crippen MR) is 84.8 cm³/mol. The number of benzene rings is 2. The lowest BCUT2D eigenvalue weighted by atomic mass is 9.99. The third kappa shape index (κ3) is 2.38. The van der Waals surface area contributed by atoms with Crippen molar-refractivity contribution >= 4 is 5.69 Å². The van der Waals surface area contributed by atoms with Crippen LogP contribution in [0.1, 0.15) is 29.2 Å². The average molecular weight is 280 g/mol. The van der Waals surface area contributed by atoms with Crippen LogP contribution in [-0.4, -0.2) is 13.2 Å². The zero-order valence-electron chi connectivity index (χ0n) is 12.1. The van der Waals surface area contributed by atoms with Gasteiger partial charge in [-0.3, -0.25) is 0 Å². The second-order valence-corrected chi connectivity index (χ2v) is 5.76. The molecule has 0 radical (unpaired) electrons. The van der Waals surface area contributed by atoms with Crippen LogP contribution in [0.2, 0.25) is 0 Å². The van der Waals surface area contributed by atoms with E-state index in [1.54, 1.807) is 0 Å². The highest BCUT2D eigenvalue weighted by molar-refractivity contribution is 5.59. The van der Waals surface area contributed by atoms with E-state index in [0.29, 0.717) is 6.04 Å². The molecule has 1 atom stereocenters. The van der Waals surface area contributed by atoms with Crippen molar-refractivity contribution in [1.82, 2.24) is 5.32 Å². The first kappa shape index (κ1) is 12.7. The third-order valence-corrected chi connectivity index (χ3v) is 4.40. The van der Waals surface area contributed by atoms with E-state index >= 15 is 0 Å². The van der Waals surface area contributed by atoms with Crippen molar-refractivity contribution in [2.75, 3.05) is 18.5 Å². The van der Waals surface area contributed by atoms with E-state index in [1.807, 2.05) is 12.1 Å².